The lowest BCUT2D eigenvalue weighted by atomic mass is 10.4. The molecule has 1 aromatic heterocycles. The summed E-state index contributed by atoms with van der Waals surface area (Å²) in [5, 5.41) is 6.41. The molecule has 0 atom stereocenters. The largest absolute Gasteiger partial charge is 0.467 e. The number of rotatable bonds is 7. The first-order valence-corrected chi connectivity index (χ1v) is 5.90. The van der Waals surface area contributed by atoms with E-state index in [0.29, 0.717) is 6.54 Å². The first kappa shape index (κ1) is 17.2. The maximum Gasteiger partial charge on any atom is 0.191 e. The Morgan fingerprint density at radius 3 is 2.89 bits per heavy atom. The third-order valence-corrected chi connectivity index (χ3v) is 2.14. The molecular formula is C12H22IN3O2. The summed E-state index contributed by atoms with van der Waals surface area (Å²) in [4.78, 5) is 4.41. The van der Waals surface area contributed by atoms with Crippen LogP contribution in [0.15, 0.2) is 27.8 Å². The zero-order valence-corrected chi connectivity index (χ0v) is 13.3. The van der Waals surface area contributed by atoms with Crippen LogP contribution in [-0.4, -0.2) is 32.8 Å². The minimum Gasteiger partial charge on any atom is -0.467 e. The van der Waals surface area contributed by atoms with Crippen LogP contribution in [0.3, 0.4) is 0 Å². The quantitative estimate of drug-likeness (QED) is 0.335. The number of guanidine groups is 1. The van der Waals surface area contributed by atoms with Crippen molar-refractivity contribution in [2.45, 2.75) is 19.9 Å². The molecule has 0 bridgehead atoms. The first-order valence-electron chi connectivity index (χ1n) is 5.90. The normalized spacial score (nSPS) is 10.9. The zero-order chi connectivity index (χ0) is 12.3. The predicted octanol–water partition coefficient (Wildman–Crippen LogP) is 1.99. The van der Waals surface area contributed by atoms with Crippen LogP contribution in [-0.2, 0) is 11.3 Å². The van der Waals surface area contributed by atoms with E-state index in [2.05, 4.69) is 15.6 Å². The number of halogens is 1. The van der Waals surface area contributed by atoms with Crippen molar-refractivity contribution in [1.82, 2.24) is 10.6 Å². The van der Waals surface area contributed by atoms with Crippen LogP contribution < -0.4 is 10.6 Å². The van der Waals surface area contributed by atoms with Gasteiger partial charge in [0.1, 0.15) is 12.3 Å². The van der Waals surface area contributed by atoms with Gasteiger partial charge in [0.15, 0.2) is 5.96 Å². The van der Waals surface area contributed by atoms with Crippen LogP contribution >= 0.6 is 24.0 Å². The molecule has 0 saturated heterocycles. The maximum absolute atomic E-state index is 5.22. The maximum atomic E-state index is 5.22. The van der Waals surface area contributed by atoms with Crippen LogP contribution in [0.1, 0.15) is 19.1 Å². The molecule has 0 radical (unpaired) electrons. The zero-order valence-electron chi connectivity index (χ0n) is 10.9. The standard InChI is InChI=1S/C12H21N3O2.HI/c1-3-13-12(14-7-5-8-16-2)15-10-11-6-4-9-17-11;/h4,6,9H,3,5,7-8,10H2,1-2H3,(H2,13,14,15);1H. The highest BCUT2D eigenvalue weighted by molar-refractivity contribution is 14.0. The Morgan fingerprint density at radius 1 is 1.44 bits per heavy atom. The summed E-state index contributed by atoms with van der Waals surface area (Å²) >= 11 is 0. The fourth-order valence-electron chi connectivity index (χ4n) is 1.32. The van der Waals surface area contributed by atoms with E-state index >= 15 is 0 Å². The number of aliphatic imine (C=N–C) groups is 1. The number of hydrogen-bond donors (Lipinski definition) is 2. The summed E-state index contributed by atoms with van der Waals surface area (Å²) in [6, 6.07) is 3.78. The molecule has 0 aliphatic rings. The van der Waals surface area contributed by atoms with Gasteiger partial charge in [0.25, 0.3) is 0 Å². The Hall–Kier alpha value is -0.760. The van der Waals surface area contributed by atoms with Gasteiger partial charge in [-0.05, 0) is 25.5 Å². The van der Waals surface area contributed by atoms with Crippen molar-refractivity contribution in [2.24, 2.45) is 4.99 Å². The van der Waals surface area contributed by atoms with E-state index < -0.39 is 0 Å². The average molecular weight is 367 g/mol. The summed E-state index contributed by atoms with van der Waals surface area (Å²) < 4.78 is 10.2. The Morgan fingerprint density at radius 2 is 2.28 bits per heavy atom. The van der Waals surface area contributed by atoms with Crippen LogP contribution in [0, 0.1) is 0 Å². The summed E-state index contributed by atoms with van der Waals surface area (Å²) in [5.74, 6) is 1.67. The minimum atomic E-state index is 0. The van der Waals surface area contributed by atoms with Gasteiger partial charge in [0, 0.05) is 26.8 Å². The fourth-order valence-corrected chi connectivity index (χ4v) is 1.32. The van der Waals surface area contributed by atoms with Crippen LogP contribution in [0.5, 0.6) is 0 Å². The molecule has 0 aliphatic heterocycles. The minimum absolute atomic E-state index is 0. The second-order valence-corrected chi connectivity index (χ2v) is 3.55. The molecule has 0 aliphatic carbocycles. The van der Waals surface area contributed by atoms with Gasteiger partial charge in [0.05, 0.1) is 6.26 Å². The molecular weight excluding hydrogens is 345 g/mol. The number of nitrogens with zero attached hydrogens (tertiary/aromatic N) is 1. The smallest absolute Gasteiger partial charge is 0.191 e. The summed E-state index contributed by atoms with van der Waals surface area (Å²) in [7, 11) is 1.70. The molecule has 0 spiro atoms. The molecule has 5 nitrogen and oxygen atoms in total. The monoisotopic (exact) mass is 367 g/mol. The average Bonchev–Trinajstić information content (AvgIpc) is 2.84. The molecule has 104 valence electrons. The van der Waals surface area contributed by atoms with Crippen molar-refractivity contribution in [2.75, 3.05) is 26.8 Å². The molecule has 1 heterocycles. The number of ether oxygens (including phenoxy) is 1. The molecule has 1 rings (SSSR count). The molecule has 0 amide bonds. The van der Waals surface area contributed by atoms with E-state index in [4.69, 9.17) is 9.15 Å². The Bertz CT molecular complexity index is 315. The Kier molecular flexibility index (Phi) is 10.9. The summed E-state index contributed by atoms with van der Waals surface area (Å²) in [5.41, 5.74) is 0. The van der Waals surface area contributed by atoms with Gasteiger partial charge in [-0.2, -0.15) is 0 Å². The van der Waals surface area contributed by atoms with Crippen molar-refractivity contribution in [1.29, 1.82) is 0 Å². The third-order valence-electron chi connectivity index (χ3n) is 2.14. The molecule has 0 fully saturated rings. The van der Waals surface area contributed by atoms with E-state index in [1.807, 2.05) is 19.1 Å². The predicted molar refractivity (Wildman–Crippen MR) is 83.4 cm³/mol. The number of hydrogen-bond acceptors (Lipinski definition) is 3. The molecule has 2 N–H and O–H groups in total. The van der Waals surface area contributed by atoms with E-state index in [0.717, 1.165) is 37.8 Å². The van der Waals surface area contributed by atoms with Crippen molar-refractivity contribution in [3.8, 4) is 0 Å². The molecule has 1 aromatic rings. The number of furan rings is 1. The van der Waals surface area contributed by atoms with Gasteiger partial charge in [-0.1, -0.05) is 0 Å². The third kappa shape index (κ3) is 7.54. The lowest BCUT2D eigenvalue weighted by molar-refractivity contribution is 0.195. The van der Waals surface area contributed by atoms with Crippen LogP contribution in [0.4, 0.5) is 0 Å². The van der Waals surface area contributed by atoms with Crippen molar-refractivity contribution in [3.05, 3.63) is 24.2 Å². The first-order chi connectivity index (χ1) is 8.36. The molecule has 6 heteroatoms. The second kappa shape index (κ2) is 11.3. The van der Waals surface area contributed by atoms with Crippen LogP contribution in [0.25, 0.3) is 0 Å². The van der Waals surface area contributed by atoms with Crippen LogP contribution in [0.2, 0.25) is 0 Å². The second-order valence-electron chi connectivity index (χ2n) is 3.55. The van der Waals surface area contributed by atoms with Crippen molar-refractivity contribution >= 4 is 29.9 Å². The van der Waals surface area contributed by atoms with E-state index in [1.165, 1.54) is 0 Å². The van der Waals surface area contributed by atoms with E-state index in [1.54, 1.807) is 13.4 Å². The van der Waals surface area contributed by atoms with Gasteiger partial charge >= 0.3 is 0 Å². The molecule has 0 unspecified atom stereocenters. The summed E-state index contributed by atoms with van der Waals surface area (Å²) in [6.07, 6.45) is 2.62. The van der Waals surface area contributed by atoms with Crippen molar-refractivity contribution in [3.63, 3.8) is 0 Å². The lowest BCUT2D eigenvalue weighted by Gasteiger charge is -2.10. The van der Waals surface area contributed by atoms with Gasteiger partial charge in [-0.15, -0.1) is 24.0 Å². The number of methoxy groups -OCH3 is 1. The SMILES string of the molecule is CCNC(=NCc1ccco1)NCCCOC.I. The topological polar surface area (TPSA) is 58.8 Å². The highest BCUT2D eigenvalue weighted by atomic mass is 127. The number of nitrogens with one attached hydrogen (secondary N) is 2. The Labute approximate surface area is 125 Å². The highest BCUT2D eigenvalue weighted by Crippen LogP contribution is 2.00. The van der Waals surface area contributed by atoms with E-state index in [9.17, 15) is 0 Å². The molecule has 0 aromatic carbocycles. The highest BCUT2D eigenvalue weighted by Gasteiger charge is 1.98. The van der Waals surface area contributed by atoms with Gasteiger partial charge in [-0.3, -0.25) is 0 Å². The molecule has 18 heavy (non-hydrogen) atoms. The Balaban J connectivity index is 0.00000289. The lowest BCUT2D eigenvalue weighted by Crippen LogP contribution is -2.38. The summed E-state index contributed by atoms with van der Waals surface area (Å²) in [6.45, 7) is 5.03. The van der Waals surface area contributed by atoms with Gasteiger partial charge in [-0.25, -0.2) is 4.99 Å². The van der Waals surface area contributed by atoms with Crippen molar-refractivity contribution < 1.29 is 9.15 Å². The fraction of sp³-hybridized carbons (Fsp3) is 0.583. The van der Waals surface area contributed by atoms with Gasteiger partial charge in [0.2, 0.25) is 0 Å². The molecule has 0 saturated carbocycles. The van der Waals surface area contributed by atoms with Gasteiger partial charge < -0.3 is 19.8 Å². The van der Waals surface area contributed by atoms with E-state index in [-0.39, 0.29) is 24.0 Å².